The van der Waals surface area contributed by atoms with Crippen LogP contribution < -0.4 is 0 Å². The lowest BCUT2D eigenvalue weighted by molar-refractivity contribution is -0.177. The zero-order valence-corrected chi connectivity index (χ0v) is 22.2. The molecule has 0 aliphatic heterocycles. The molecule has 188 valence electrons. The summed E-state index contributed by atoms with van der Waals surface area (Å²) in [7, 11) is 0. The molecule has 0 bridgehead atoms. The zero-order valence-electron chi connectivity index (χ0n) is 22.2. The van der Waals surface area contributed by atoms with Crippen molar-refractivity contribution in [1.29, 1.82) is 0 Å². The number of esters is 2. The number of amides is 1. The normalized spacial score (nSPS) is 13.9. The fourth-order valence-corrected chi connectivity index (χ4v) is 4.23. The van der Waals surface area contributed by atoms with Gasteiger partial charge >= 0.3 is 11.9 Å². The average Bonchev–Trinajstić information content (AvgIpc) is 2.65. The number of ether oxygens (including phenoxy) is 2. The van der Waals surface area contributed by atoms with E-state index in [0.717, 1.165) is 19.3 Å². The molecule has 0 rings (SSSR count). The van der Waals surface area contributed by atoms with E-state index < -0.39 is 23.3 Å². The van der Waals surface area contributed by atoms with Crippen LogP contribution in [0.3, 0.4) is 0 Å². The summed E-state index contributed by atoms with van der Waals surface area (Å²) in [5, 5.41) is 0. The van der Waals surface area contributed by atoms with Crippen molar-refractivity contribution in [2.24, 2.45) is 0 Å². The van der Waals surface area contributed by atoms with E-state index >= 15 is 0 Å². The van der Waals surface area contributed by atoms with E-state index in [9.17, 15) is 14.4 Å². The van der Waals surface area contributed by atoms with Gasteiger partial charge in [0.05, 0.1) is 11.1 Å². The van der Waals surface area contributed by atoms with Gasteiger partial charge < -0.3 is 14.4 Å². The molecule has 0 saturated heterocycles. The van der Waals surface area contributed by atoms with Crippen molar-refractivity contribution in [3.63, 3.8) is 0 Å². The lowest BCUT2D eigenvalue weighted by Gasteiger charge is -2.52. The first kappa shape index (κ1) is 30.4. The molecule has 2 atom stereocenters. The van der Waals surface area contributed by atoms with Crippen LogP contribution in [0.5, 0.6) is 0 Å². The Bertz CT molecular complexity index is 551. The highest BCUT2D eigenvalue weighted by Crippen LogP contribution is 2.34. The second kappa shape index (κ2) is 14.5. The highest BCUT2D eigenvalue weighted by Gasteiger charge is 2.48. The molecule has 0 radical (unpaired) electrons. The number of carbonyl (C=O) groups is 3. The van der Waals surface area contributed by atoms with E-state index in [4.69, 9.17) is 9.47 Å². The summed E-state index contributed by atoms with van der Waals surface area (Å²) in [5.74, 6) is -0.786. The summed E-state index contributed by atoms with van der Waals surface area (Å²) in [6.07, 6.45) is 10.0. The minimum absolute atomic E-state index is 0.0130. The fourth-order valence-electron chi connectivity index (χ4n) is 4.23. The second-order valence-electron chi connectivity index (χ2n) is 10.1. The maximum atomic E-state index is 13.5. The third kappa shape index (κ3) is 10.4. The van der Waals surface area contributed by atoms with Crippen LogP contribution in [0, 0.1) is 0 Å². The van der Waals surface area contributed by atoms with Gasteiger partial charge in [0.25, 0.3) is 0 Å². The van der Waals surface area contributed by atoms with E-state index in [1.807, 2.05) is 27.7 Å². The minimum atomic E-state index is -0.778. The van der Waals surface area contributed by atoms with Gasteiger partial charge in [0, 0.05) is 20.3 Å². The van der Waals surface area contributed by atoms with Crippen LogP contribution >= 0.6 is 0 Å². The van der Waals surface area contributed by atoms with Crippen LogP contribution in [0.15, 0.2) is 0 Å². The molecule has 2 unspecified atom stereocenters. The van der Waals surface area contributed by atoms with E-state index in [0.29, 0.717) is 6.42 Å². The molecule has 0 aromatic heterocycles. The first-order valence-corrected chi connectivity index (χ1v) is 12.5. The third-order valence-electron chi connectivity index (χ3n) is 6.57. The largest absolute Gasteiger partial charge is 0.460 e. The number of unbranched alkanes of at least 4 members (excludes halogenated alkanes) is 8. The standard InChI is InChI=1S/C26H49NO5/c1-10-11-12-13-14-15-16-17-18-19-24(30)27(25(6,7)20(2)31-22(4)28)26(8,9)21(3)32-23(5)29/h20-21H,10-19H2,1-9H3. The molecule has 32 heavy (non-hydrogen) atoms. The van der Waals surface area contributed by atoms with Gasteiger partial charge in [-0.25, -0.2) is 0 Å². The summed E-state index contributed by atoms with van der Waals surface area (Å²) in [6, 6.07) is 0. The van der Waals surface area contributed by atoms with Gasteiger partial charge in [-0.15, -0.1) is 0 Å². The first-order valence-electron chi connectivity index (χ1n) is 12.5. The number of carbonyl (C=O) groups excluding carboxylic acids is 3. The third-order valence-corrected chi connectivity index (χ3v) is 6.57. The minimum Gasteiger partial charge on any atom is -0.460 e. The van der Waals surface area contributed by atoms with E-state index in [1.54, 1.807) is 18.7 Å². The number of hydrogen-bond donors (Lipinski definition) is 0. The molecule has 0 fully saturated rings. The van der Waals surface area contributed by atoms with Crippen molar-refractivity contribution in [2.45, 2.75) is 150 Å². The Morgan fingerprint density at radius 2 is 1.03 bits per heavy atom. The van der Waals surface area contributed by atoms with Crippen LogP contribution in [-0.4, -0.2) is 46.0 Å². The van der Waals surface area contributed by atoms with Crippen LogP contribution in [0.4, 0.5) is 0 Å². The van der Waals surface area contributed by atoms with Crippen LogP contribution in [0.2, 0.25) is 0 Å². The monoisotopic (exact) mass is 455 g/mol. The van der Waals surface area contributed by atoms with Gasteiger partial charge in [-0.05, 0) is 48.0 Å². The summed E-state index contributed by atoms with van der Waals surface area (Å²) in [6.45, 7) is 16.2. The van der Waals surface area contributed by atoms with Gasteiger partial charge in [-0.3, -0.25) is 14.4 Å². The molecule has 0 spiro atoms. The Labute approximate surface area is 196 Å². The number of hydrogen-bond acceptors (Lipinski definition) is 5. The quantitative estimate of drug-likeness (QED) is 0.205. The fraction of sp³-hybridized carbons (Fsp3) is 0.885. The Kier molecular flexibility index (Phi) is 13.8. The maximum Gasteiger partial charge on any atom is 0.302 e. The second-order valence-corrected chi connectivity index (χ2v) is 10.1. The molecule has 0 aliphatic rings. The molecule has 6 heteroatoms. The molecule has 0 heterocycles. The van der Waals surface area contributed by atoms with E-state index in [-0.39, 0.29) is 17.8 Å². The highest BCUT2D eigenvalue weighted by molar-refractivity contribution is 5.78. The van der Waals surface area contributed by atoms with Crippen molar-refractivity contribution < 1.29 is 23.9 Å². The summed E-state index contributed by atoms with van der Waals surface area (Å²) in [4.78, 5) is 38.4. The lowest BCUT2D eigenvalue weighted by Crippen LogP contribution is -2.66. The van der Waals surface area contributed by atoms with Crippen molar-refractivity contribution in [3.05, 3.63) is 0 Å². The molecule has 0 aromatic rings. The maximum absolute atomic E-state index is 13.5. The van der Waals surface area contributed by atoms with Crippen LogP contribution in [0.25, 0.3) is 0 Å². The SMILES string of the molecule is CCCCCCCCCCCC(=O)N(C(C)(C)C(C)OC(C)=O)C(C)(C)C(C)OC(C)=O. The number of rotatable bonds is 16. The van der Waals surface area contributed by atoms with E-state index in [1.165, 1.54) is 52.4 Å². The van der Waals surface area contributed by atoms with Crippen molar-refractivity contribution in [2.75, 3.05) is 0 Å². The summed E-state index contributed by atoms with van der Waals surface area (Å²) >= 11 is 0. The molecule has 0 saturated carbocycles. The lowest BCUT2D eigenvalue weighted by atomic mass is 9.85. The predicted octanol–water partition coefficient (Wildman–Crippen LogP) is 6.20. The van der Waals surface area contributed by atoms with Gasteiger partial charge in [0.1, 0.15) is 12.2 Å². The molecular formula is C26H49NO5. The van der Waals surface area contributed by atoms with Gasteiger partial charge in [-0.1, -0.05) is 58.3 Å². The van der Waals surface area contributed by atoms with Crippen LogP contribution in [0.1, 0.15) is 127 Å². The first-order chi connectivity index (χ1) is 14.8. The zero-order chi connectivity index (χ0) is 24.9. The number of nitrogens with zero attached hydrogens (tertiary/aromatic N) is 1. The molecule has 1 amide bonds. The Morgan fingerprint density at radius 1 is 0.688 bits per heavy atom. The molecule has 0 aromatic carbocycles. The summed E-state index contributed by atoms with van der Waals surface area (Å²) < 4.78 is 10.9. The smallest absolute Gasteiger partial charge is 0.302 e. The van der Waals surface area contributed by atoms with Crippen molar-refractivity contribution in [3.8, 4) is 0 Å². The molecule has 6 nitrogen and oxygen atoms in total. The molecule has 0 aliphatic carbocycles. The highest BCUT2D eigenvalue weighted by atomic mass is 16.5. The van der Waals surface area contributed by atoms with E-state index in [2.05, 4.69) is 6.92 Å². The van der Waals surface area contributed by atoms with Crippen molar-refractivity contribution in [1.82, 2.24) is 4.90 Å². The Morgan fingerprint density at radius 3 is 1.38 bits per heavy atom. The van der Waals surface area contributed by atoms with Crippen molar-refractivity contribution >= 4 is 17.8 Å². The van der Waals surface area contributed by atoms with Gasteiger partial charge in [0.15, 0.2) is 0 Å². The molecular weight excluding hydrogens is 406 g/mol. The average molecular weight is 456 g/mol. The van der Waals surface area contributed by atoms with Gasteiger partial charge in [0.2, 0.25) is 5.91 Å². The van der Waals surface area contributed by atoms with Crippen LogP contribution in [-0.2, 0) is 23.9 Å². The Balaban J connectivity index is 5.21. The summed E-state index contributed by atoms with van der Waals surface area (Å²) in [5.41, 5.74) is -1.56. The Hall–Kier alpha value is -1.59. The van der Waals surface area contributed by atoms with Gasteiger partial charge in [-0.2, -0.15) is 0 Å². The topological polar surface area (TPSA) is 72.9 Å². The molecule has 0 N–H and O–H groups in total. The predicted molar refractivity (Wildman–Crippen MR) is 129 cm³/mol.